The van der Waals surface area contributed by atoms with Crippen molar-refractivity contribution in [2.75, 3.05) is 12.0 Å². The molecule has 1 N–H and O–H groups in total. The van der Waals surface area contributed by atoms with Gasteiger partial charge in [-0.2, -0.15) is 0 Å². The molecule has 0 spiro atoms. The molecule has 0 aliphatic carbocycles. The number of pyridine rings is 1. The number of nitrogens with one attached hydrogen (secondary N) is 1. The van der Waals surface area contributed by atoms with E-state index in [-0.39, 0.29) is 11.8 Å². The van der Waals surface area contributed by atoms with E-state index in [1.807, 2.05) is 0 Å². The summed E-state index contributed by atoms with van der Waals surface area (Å²) in [5.41, 5.74) is 1.23. The second kappa shape index (κ2) is 7.14. The minimum absolute atomic E-state index is 0.0621. The van der Waals surface area contributed by atoms with Crippen molar-refractivity contribution in [3.05, 3.63) is 65.5 Å². The number of nitrogens with zero attached hydrogens (tertiary/aromatic N) is 1. The highest BCUT2D eigenvalue weighted by Crippen LogP contribution is 2.23. The normalized spacial score (nSPS) is 14.4. The van der Waals surface area contributed by atoms with Gasteiger partial charge in [-0.25, -0.2) is 17.2 Å². The van der Waals surface area contributed by atoms with E-state index in [0.29, 0.717) is 5.56 Å². The fourth-order valence-electron chi connectivity index (χ4n) is 2.41. The number of hydrogen-bond acceptors (Lipinski definition) is 4. The maximum absolute atomic E-state index is 13.5. The highest BCUT2D eigenvalue weighted by molar-refractivity contribution is 7.90. The zero-order valence-corrected chi connectivity index (χ0v) is 13.6. The molecule has 2 atom stereocenters. The van der Waals surface area contributed by atoms with Crippen LogP contribution in [0.2, 0.25) is 0 Å². The molecule has 0 fully saturated rings. The van der Waals surface area contributed by atoms with Crippen molar-refractivity contribution in [3.8, 4) is 0 Å². The van der Waals surface area contributed by atoms with Crippen LogP contribution in [-0.4, -0.2) is 31.5 Å². The first-order valence-corrected chi connectivity index (χ1v) is 9.11. The van der Waals surface area contributed by atoms with Crippen molar-refractivity contribution in [1.82, 2.24) is 10.3 Å². The first-order chi connectivity index (χ1) is 10.8. The Morgan fingerprint density at radius 3 is 2.48 bits per heavy atom. The molecular weight excluding hydrogens is 322 g/mol. The zero-order valence-electron chi connectivity index (χ0n) is 12.8. The van der Waals surface area contributed by atoms with Crippen LogP contribution >= 0.6 is 0 Å². The Labute approximate surface area is 134 Å². The van der Waals surface area contributed by atoms with E-state index in [9.17, 15) is 17.2 Å². The molecule has 2 rings (SSSR count). The first kappa shape index (κ1) is 17.5. The summed E-state index contributed by atoms with van der Waals surface area (Å²) >= 11 is 0. The molecule has 4 nitrogen and oxygen atoms in total. The van der Waals surface area contributed by atoms with Gasteiger partial charge in [0.15, 0.2) is 11.6 Å². The topological polar surface area (TPSA) is 59.1 Å². The lowest BCUT2D eigenvalue weighted by molar-refractivity contribution is 0.494. The lowest BCUT2D eigenvalue weighted by Gasteiger charge is -2.24. The Bertz CT molecular complexity index is 767. The Hall–Kier alpha value is -1.86. The maximum atomic E-state index is 13.5. The Balaban J connectivity index is 2.34. The van der Waals surface area contributed by atoms with Gasteiger partial charge >= 0.3 is 0 Å². The molecule has 124 valence electrons. The SMILES string of the molecule is C[C@H](CS(C)(=O)=O)N[C@H](c1cccnc1)c1ccc(F)c(F)c1. The van der Waals surface area contributed by atoms with Crippen LogP contribution in [0.15, 0.2) is 42.7 Å². The average molecular weight is 340 g/mol. The number of halogens is 2. The van der Waals surface area contributed by atoms with Crippen molar-refractivity contribution in [2.45, 2.75) is 19.0 Å². The highest BCUT2D eigenvalue weighted by atomic mass is 32.2. The lowest BCUT2D eigenvalue weighted by Crippen LogP contribution is -2.36. The van der Waals surface area contributed by atoms with Crippen LogP contribution in [0.1, 0.15) is 24.1 Å². The van der Waals surface area contributed by atoms with E-state index < -0.39 is 27.5 Å². The highest BCUT2D eigenvalue weighted by Gasteiger charge is 2.20. The predicted molar refractivity (Wildman–Crippen MR) is 84.7 cm³/mol. The van der Waals surface area contributed by atoms with Gasteiger partial charge in [0, 0.05) is 24.7 Å². The van der Waals surface area contributed by atoms with Crippen LogP contribution in [-0.2, 0) is 9.84 Å². The third-order valence-corrected chi connectivity index (χ3v) is 4.40. The molecule has 1 aromatic carbocycles. The molecule has 0 saturated carbocycles. The van der Waals surface area contributed by atoms with Crippen LogP contribution < -0.4 is 5.32 Å². The summed E-state index contributed by atoms with van der Waals surface area (Å²) in [7, 11) is -3.16. The Kier molecular flexibility index (Phi) is 5.43. The van der Waals surface area contributed by atoms with Gasteiger partial charge in [-0.1, -0.05) is 12.1 Å². The Morgan fingerprint density at radius 2 is 1.91 bits per heavy atom. The molecule has 0 bridgehead atoms. The van der Waals surface area contributed by atoms with Crippen molar-refractivity contribution in [3.63, 3.8) is 0 Å². The van der Waals surface area contributed by atoms with Gasteiger partial charge in [0.1, 0.15) is 9.84 Å². The number of aromatic nitrogens is 1. The molecule has 1 aromatic heterocycles. The smallest absolute Gasteiger partial charge is 0.159 e. The minimum atomic E-state index is -3.16. The van der Waals surface area contributed by atoms with Gasteiger partial charge < -0.3 is 5.32 Å². The molecule has 23 heavy (non-hydrogen) atoms. The third kappa shape index (κ3) is 5.07. The molecule has 0 saturated heterocycles. The van der Waals surface area contributed by atoms with Crippen LogP contribution in [0, 0.1) is 11.6 Å². The van der Waals surface area contributed by atoms with Crippen molar-refractivity contribution >= 4 is 9.84 Å². The summed E-state index contributed by atoms with van der Waals surface area (Å²) in [6.07, 6.45) is 4.36. The zero-order chi connectivity index (χ0) is 17.0. The second-order valence-electron chi connectivity index (χ2n) is 5.55. The standard InChI is InChI=1S/C16H18F2N2O2S/c1-11(10-23(2,21)22)20-16(13-4-3-7-19-9-13)12-5-6-14(17)15(18)8-12/h3-9,11,16,20H,10H2,1-2H3/t11-,16+/m1/s1. The summed E-state index contributed by atoms with van der Waals surface area (Å²) in [6, 6.07) is 6.28. The molecule has 0 amide bonds. The lowest BCUT2D eigenvalue weighted by atomic mass is 9.99. The van der Waals surface area contributed by atoms with Crippen LogP contribution in [0.4, 0.5) is 8.78 Å². The van der Waals surface area contributed by atoms with Gasteiger partial charge in [0.2, 0.25) is 0 Å². The summed E-state index contributed by atoms with van der Waals surface area (Å²) < 4.78 is 49.6. The molecule has 0 radical (unpaired) electrons. The minimum Gasteiger partial charge on any atom is -0.303 e. The molecular formula is C16H18F2N2O2S. The monoisotopic (exact) mass is 340 g/mol. The fourth-order valence-corrected chi connectivity index (χ4v) is 3.41. The first-order valence-electron chi connectivity index (χ1n) is 7.05. The van der Waals surface area contributed by atoms with Crippen LogP contribution in [0.3, 0.4) is 0 Å². The summed E-state index contributed by atoms with van der Waals surface area (Å²) in [5.74, 6) is -1.94. The molecule has 0 aliphatic rings. The summed E-state index contributed by atoms with van der Waals surface area (Å²) in [4.78, 5) is 4.03. The summed E-state index contributed by atoms with van der Waals surface area (Å²) in [5, 5.41) is 3.14. The molecule has 0 unspecified atom stereocenters. The van der Waals surface area contributed by atoms with E-state index >= 15 is 0 Å². The molecule has 7 heteroatoms. The molecule has 1 heterocycles. The van der Waals surface area contributed by atoms with E-state index in [1.54, 1.807) is 31.5 Å². The summed E-state index contributed by atoms with van der Waals surface area (Å²) in [6.45, 7) is 1.73. The van der Waals surface area contributed by atoms with Crippen LogP contribution in [0.5, 0.6) is 0 Å². The van der Waals surface area contributed by atoms with E-state index in [0.717, 1.165) is 24.0 Å². The third-order valence-electron chi connectivity index (χ3n) is 3.30. The van der Waals surface area contributed by atoms with Gasteiger partial charge in [-0.3, -0.25) is 4.98 Å². The van der Waals surface area contributed by atoms with Crippen molar-refractivity contribution in [2.24, 2.45) is 0 Å². The van der Waals surface area contributed by atoms with E-state index in [2.05, 4.69) is 10.3 Å². The molecule has 0 aliphatic heterocycles. The van der Waals surface area contributed by atoms with E-state index in [4.69, 9.17) is 0 Å². The fraction of sp³-hybridized carbons (Fsp3) is 0.312. The largest absolute Gasteiger partial charge is 0.303 e. The maximum Gasteiger partial charge on any atom is 0.159 e. The average Bonchev–Trinajstić information content (AvgIpc) is 2.47. The van der Waals surface area contributed by atoms with Gasteiger partial charge in [0.25, 0.3) is 0 Å². The van der Waals surface area contributed by atoms with Gasteiger partial charge in [0.05, 0.1) is 11.8 Å². The van der Waals surface area contributed by atoms with Crippen molar-refractivity contribution in [1.29, 1.82) is 0 Å². The number of rotatable bonds is 6. The second-order valence-corrected chi connectivity index (χ2v) is 7.74. The number of hydrogen-bond donors (Lipinski definition) is 1. The number of benzene rings is 1. The van der Waals surface area contributed by atoms with Crippen LogP contribution in [0.25, 0.3) is 0 Å². The van der Waals surface area contributed by atoms with Crippen molar-refractivity contribution < 1.29 is 17.2 Å². The predicted octanol–water partition coefficient (Wildman–Crippen LogP) is 2.47. The number of sulfone groups is 1. The van der Waals surface area contributed by atoms with E-state index in [1.165, 1.54) is 6.07 Å². The molecule has 2 aromatic rings. The quantitative estimate of drug-likeness (QED) is 0.878. The van der Waals surface area contributed by atoms with Gasteiger partial charge in [-0.05, 0) is 36.2 Å². The van der Waals surface area contributed by atoms with Gasteiger partial charge in [-0.15, -0.1) is 0 Å². The Morgan fingerprint density at radius 1 is 1.17 bits per heavy atom.